The van der Waals surface area contributed by atoms with Crippen molar-refractivity contribution in [3.63, 3.8) is 0 Å². The number of methoxy groups -OCH3 is 1. The van der Waals surface area contributed by atoms with Gasteiger partial charge in [-0.25, -0.2) is 0 Å². The van der Waals surface area contributed by atoms with Gasteiger partial charge in [-0.05, 0) is 43.6 Å². The Labute approximate surface area is 134 Å². The summed E-state index contributed by atoms with van der Waals surface area (Å²) in [4.78, 5) is 22.5. The molecule has 0 aromatic heterocycles. The third-order valence-electron chi connectivity index (χ3n) is 4.42. The molecular weight excluding hydrogens is 298 g/mol. The highest BCUT2D eigenvalue weighted by Crippen LogP contribution is 2.44. The molecule has 2 fully saturated rings. The Hall–Kier alpha value is -2.31. The molecule has 0 atom stereocenters. The number of rotatable bonds is 8. The number of hydrogen-bond donors (Lipinski definition) is 2. The third-order valence-corrected chi connectivity index (χ3v) is 4.42. The summed E-state index contributed by atoms with van der Waals surface area (Å²) in [6.07, 6.45) is 4.81. The molecule has 0 saturated heterocycles. The molecule has 0 radical (unpaired) electrons. The van der Waals surface area contributed by atoms with Gasteiger partial charge in [-0.3, -0.25) is 14.9 Å². The van der Waals surface area contributed by atoms with Crippen LogP contribution in [0.3, 0.4) is 0 Å². The number of nitrogens with zero attached hydrogens (tertiary/aromatic N) is 1. The van der Waals surface area contributed by atoms with Gasteiger partial charge >= 0.3 is 0 Å². The van der Waals surface area contributed by atoms with Gasteiger partial charge in [-0.15, -0.1) is 0 Å². The van der Waals surface area contributed by atoms with Crippen molar-refractivity contribution in [1.29, 1.82) is 0 Å². The van der Waals surface area contributed by atoms with Crippen molar-refractivity contribution in [1.82, 2.24) is 5.32 Å². The lowest BCUT2D eigenvalue weighted by Crippen LogP contribution is -2.41. The number of ether oxygens (including phenoxy) is 1. The smallest absolute Gasteiger partial charge is 0.271 e. The minimum atomic E-state index is -0.471. The van der Waals surface area contributed by atoms with E-state index in [2.05, 4.69) is 10.6 Å². The standard InChI is InChI=1S/C16H21N3O4/c1-23-14-7-6-12(19(21)22)8-13(14)17-9-15(20)18-16(10-2-3-10)11-4-5-11/h6-8,10-11,16-17H,2-5,9H2,1H3,(H,18,20). The normalized spacial score (nSPS) is 17.0. The van der Waals surface area contributed by atoms with E-state index < -0.39 is 4.92 Å². The highest BCUT2D eigenvalue weighted by atomic mass is 16.6. The van der Waals surface area contributed by atoms with Crippen molar-refractivity contribution in [3.05, 3.63) is 28.3 Å². The Morgan fingerprint density at radius 3 is 2.52 bits per heavy atom. The van der Waals surface area contributed by atoms with E-state index in [0.29, 0.717) is 29.3 Å². The molecule has 1 amide bonds. The fourth-order valence-electron chi connectivity index (χ4n) is 2.89. The van der Waals surface area contributed by atoms with E-state index in [0.717, 1.165) is 0 Å². The molecule has 0 bridgehead atoms. The van der Waals surface area contributed by atoms with Crippen molar-refractivity contribution in [2.45, 2.75) is 31.7 Å². The number of carbonyl (C=O) groups excluding carboxylic acids is 1. The first-order valence-electron chi connectivity index (χ1n) is 7.94. The lowest BCUT2D eigenvalue weighted by atomic mass is 10.1. The fraction of sp³-hybridized carbons (Fsp3) is 0.562. The number of amides is 1. The van der Waals surface area contributed by atoms with Crippen LogP contribution in [0.2, 0.25) is 0 Å². The SMILES string of the molecule is COc1ccc([N+](=O)[O-])cc1NCC(=O)NC(C1CC1)C1CC1. The molecule has 1 aromatic rings. The number of nitro benzene ring substituents is 1. The van der Waals surface area contributed by atoms with Crippen molar-refractivity contribution in [3.8, 4) is 5.75 Å². The zero-order valence-corrected chi connectivity index (χ0v) is 13.1. The third kappa shape index (κ3) is 3.91. The topological polar surface area (TPSA) is 93.5 Å². The van der Waals surface area contributed by atoms with Crippen LogP contribution in [0.4, 0.5) is 11.4 Å². The van der Waals surface area contributed by atoms with Gasteiger partial charge in [0.25, 0.3) is 5.69 Å². The Bertz CT molecular complexity index is 599. The second-order valence-corrected chi connectivity index (χ2v) is 6.26. The van der Waals surface area contributed by atoms with Crippen LogP contribution < -0.4 is 15.4 Å². The molecule has 7 heteroatoms. The Morgan fingerprint density at radius 1 is 1.35 bits per heavy atom. The van der Waals surface area contributed by atoms with Crippen molar-refractivity contribution in [2.75, 3.05) is 19.0 Å². The number of nitrogens with one attached hydrogen (secondary N) is 2. The summed E-state index contributed by atoms with van der Waals surface area (Å²) in [7, 11) is 1.49. The molecular formula is C16H21N3O4. The quantitative estimate of drug-likeness (QED) is 0.566. The van der Waals surface area contributed by atoms with Crippen LogP contribution in [0.15, 0.2) is 18.2 Å². The van der Waals surface area contributed by atoms with E-state index >= 15 is 0 Å². The molecule has 2 aliphatic carbocycles. The van der Waals surface area contributed by atoms with E-state index in [1.807, 2.05) is 0 Å². The summed E-state index contributed by atoms with van der Waals surface area (Å²) in [5.41, 5.74) is 0.411. The van der Waals surface area contributed by atoms with Crippen LogP contribution in [0.5, 0.6) is 5.75 Å². The number of carbonyl (C=O) groups is 1. The van der Waals surface area contributed by atoms with Gasteiger partial charge in [0, 0.05) is 18.2 Å². The molecule has 1 aromatic carbocycles. The maximum Gasteiger partial charge on any atom is 0.271 e. The number of benzene rings is 1. The first-order chi connectivity index (χ1) is 11.1. The first kappa shape index (κ1) is 15.6. The Balaban J connectivity index is 1.59. The summed E-state index contributed by atoms with van der Waals surface area (Å²) in [5, 5.41) is 16.9. The maximum atomic E-state index is 12.2. The fourth-order valence-corrected chi connectivity index (χ4v) is 2.89. The summed E-state index contributed by atoms with van der Waals surface area (Å²) in [5.74, 6) is 1.67. The number of nitro groups is 1. The second kappa shape index (κ2) is 6.44. The minimum absolute atomic E-state index is 0.0393. The summed E-state index contributed by atoms with van der Waals surface area (Å²) < 4.78 is 5.17. The van der Waals surface area contributed by atoms with Crippen LogP contribution >= 0.6 is 0 Å². The molecule has 2 saturated carbocycles. The summed E-state index contributed by atoms with van der Waals surface area (Å²) in [6.45, 7) is 0.0769. The molecule has 0 heterocycles. The van der Waals surface area contributed by atoms with E-state index in [1.54, 1.807) is 0 Å². The number of hydrogen-bond acceptors (Lipinski definition) is 5. The largest absolute Gasteiger partial charge is 0.495 e. The zero-order valence-electron chi connectivity index (χ0n) is 13.1. The van der Waals surface area contributed by atoms with Crippen molar-refractivity contribution >= 4 is 17.3 Å². The minimum Gasteiger partial charge on any atom is -0.495 e. The van der Waals surface area contributed by atoms with Gasteiger partial charge in [0.15, 0.2) is 0 Å². The molecule has 2 aliphatic rings. The van der Waals surface area contributed by atoms with E-state index in [-0.39, 0.29) is 18.1 Å². The monoisotopic (exact) mass is 319 g/mol. The van der Waals surface area contributed by atoms with Crippen molar-refractivity contribution < 1.29 is 14.5 Å². The summed E-state index contributed by atoms with van der Waals surface area (Å²) in [6, 6.07) is 4.58. The van der Waals surface area contributed by atoms with Crippen LogP contribution in [0, 0.1) is 22.0 Å². The predicted molar refractivity (Wildman–Crippen MR) is 85.5 cm³/mol. The highest BCUT2D eigenvalue weighted by Gasteiger charge is 2.42. The van der Waals surface area contributed by atoms with Gasteiger partial charge in [-0.2, -0.15) is 0 Å². The van der Waals surface area contributed by atoms with E-state index in [1.165, 1.54) is 51.0 Å². The lowest BCUT2D eigenvalue weighted by Gasteiger charge is -2.18. The Morgan fingerprint density at radius 2 is 2.00 bits per heavy atom. The molecule has 0 unspecified atom stereocenters. The molecule has 3 rings (SSSR count). The molecule has 2 N–H and O–H groups in total. The predicted octanol–water partition coefficient (Wildman–Crippen LogP) is 2.32. The van der Waals surface area contributed by atoms with Crippen molar-refractivity contribution in [2.24, 2.45) is 11.8 Å². The summed E-state index contributed by atoms with van der Waals surface area (Å²) >= 11 is 0. The zero-order chi connectivity index (χ0) is 16.4. The molecule has 23 heavy (non-hydrogen) atoms. The lowest BCUT2D eigenvalue weighted by molar-refractivity contribution is -0.384. The van der Waals surface area contributed by atoms with Gasteiger partial charge in [-0.1, -0.05) is 0 Å². The molecule has 0 spiro atoms. The van der Waals surface area contributed by atoms with Gasteiger partial charge < -0.3 is 15.4 Å². The average Bonchev–Trinajstić information content (AvgIpc) is 3.42. The maximum absolute atomic E-state index is 12.2. The van der Waals surface area contributed by atoms with E-state index in [9.17, 15) is 14.9 Å². The number of anilines is 1. The van der Waals surface area contributed by atoms with Crippen LogP contribution in [-0.4, -0.2) is 30.5 Å². The van der Waals surface area contributed by atoms with Gasteiger partial charge in [0.05, 0.1) is 24.3 Å². The number of non-ortho nitro benzene ring substituents is 1. The highest BCUT2D eigenvalue weighted by molar-refractivity contribution is 5.82. The molecule has 7 nitrogen and oxygen atoms in total. The van der Waals surface area contributed by atoms with Crippen LogP contribution in [0.25, 0.3) is 0 Å². The second-order valence-electron chi connectivity index (χ2n) is 6.26. The van der Waals surface area contributed by atoms with E-state index in [4.69, 9.17) is 4.74 Å². The van der Waals surface area contributed by atoms with Crippen LogP contribution in [-0.2, 0) is 4.79 Å². The Kier molecular flexibility index (Phi) is 4.36. The molecule has 124 valence electrons. The molecule has 0 aliphatic heterocycles. The average molecular weight is 319 g/mol. The van der Waals surface area contributed by atoms with Gasteiger partial charge in [0.1, 0.15) is 5.75 Å². The van der Waals surface area contributed by atoms with Crippen LogP contribution in [0.1, 0.15) is 25.7 Å². The first-order valence-corrected chi connectivity index (χ1v) is 7.94. The van der Waals surface area contributed by atoms with Gasteiger partial charge in [0.2, 0.25) is 5.91 Å².